The number of hydrogen-bond donors (Lipinski definition) is 1. The lowest BCUT2D eigenvalue weighted by Crippen LogP contribution is -2.25. The van der Waals surface area contributed by atoms with Crippen molar-refractivity contribution in [3.63, 3.8) is 0 Å². The molecule has 0 unspecified atom stereocenters. The van der Waals surface area contributed by atoms with Crippen molar-refractivity contribution in [3.05, 3.63) is 11.5 Å². The number of imidazole rings is 1. The van der Waals surface area contributed by atoms with Gasteiger partial charge in [0.05, 0.1) is 5.69 Å². The van der Waals surface area contributed by atoms with Crippen molar-refractivity contribution in [2.45, 2.75) is 85.6 Å². The number of hydrogen-bond acceptors (Lipinski definition) is 2. The zero-order chi connectivity index (χ0) is 15.8. The van der Waals surface area contributed by atoms with Crippen LogP contribution in [0.1, 0.15) is 90.7 Å². The third-order valence-corrected chi connectivity index (χ3v) is 5.22. The number of aryl methyl sites for hydroxylation is 1. The molecule has 1 aromatic heterocycles. The smallest absolute Gasteiger partial charge is 0.127 e. The zero-order valence-electron chi connectivity index (χ0n) is 14.7. The summed E-state index contributed by atoms with van der Waals surface area (Å²) in [7, 11) is 0. The molecule has 0 bridgehead atoms. The summed E-state index contributed by atoms with van der Waals surface area (Å²) in [6.45, 7) is 13.7. The van der Waals surface area contributed by atoms with E-state index >= 15 is 0 Å². The van der Waals surface area contributed by atoms with Crippen LogP contribution in [0.4, 0.5) is 5.82 Å². The summed E-state index contributed by atoms with van der Waals surface area (Å²) in [6, 6.07) is 0.395. The maximum Gasteiger partial charge on any atom is 0.127 e. The minimum absolute atomic E-state index is 0.395. The van der Waals surface area contributed by atoms with Gasteiger partial charge in [-0.25, -0.2) is 4.98 Å². The predicted octanol–water partition coefficient (Wildman–Crippen LogP) is 4.93. The van der Waals surface area contributed by atoms with Crippen LogP contribution in [-0.4, -0.2) is 9.55 Å². The molecule has 21 heavy (non-hydrogen) atoms. The second kappa shape index (κ2) is 6.02. The zero-order valence-corrected chi connectivity index (χ0v) is 14.7. The molecule has 3 heteroatoms. The van der Waals surface area contributed by atoms with Gasteiger partial charge in [-0.15, -0.1) is 0 Å². The van der Waals surface area contributed by atoms with Crippen molar-refractivity contribution in [2.75, 3.05) is 5.73 Å². The number of rotatable bonds is 3. The summed E-state index contributed by atoms with van der Waals surface area (Å²) < 4.78 is 2.23. The minimum atomic E-state index is 0.395. The largest absolute Gasteiger partial charge is 0.384 e. The quantitative estimate of drug-likeness (QED) is 0.858. The van der Waals surface area contributed by atoms with Crippen LogP contribution in [0.3, 0.4) is 0 Å². The van der Waals surface area contributed by atoms with Gasteiger partial charge in [0.25, 0.3) is 0 Å². The molecule has 1 heterocycles. The standard InChI is InChI=1S/C18H33N3/c1-7-15-20-16(17(19)21(15)12(2)3)13-8-10-14(11-9-13)18(4,5)6/h12-14H,7-11,19H2,1-6H3. The molecule has 0 saturated heterocycles. The molecule has 0 aromatic carbocycles. The van der Waals surface area contributed by atoms with Gasteiger partial charge in [-0.3, -0.25) is 0 Å². The molecule has 120 valence electrons. The van der Waals surface area contributed by atoms with Crippen LogP contribution < -0.4 is 5.73 Å². The van der Waals surface area contributed by atoms with Crippen molar-refractivity contribution >= 4 is 5.82 Å². The SMILES string of the molecule is CCc1nc(C2CCC(C(C)(C)C)CC2)c(N)n1C(C)C. The molecule has 0 aliphatic heterocycles. The van der Waals surface area contributed by atoms with Crippen LogP contribution in [0, 0.1) is 11.3 Å². The lowest BCUT2D eigenvalue weighted by atomic mass is 9.69. The Bertz CT molecular complexity index is 471. The molecule has 2 rings (SSSR count). The molecule has 3 nitrogen and oxygen atoms in total. The molecular weight excluding hydrogens is 258 g/mol. The van der Waals surface area contributed by atoms with E-state index in [4.69, 9.17) is 10.7 Å². The fourth-order valence-corrected chi connectivity index (χ4v) is 3.87. The monoisotopic (exact) mass is 291 g/mol. The molecule has 1 aliphatic rings. The number of nitrogens with two attached hydrogens (primary N) is 1. The van der Waals surface area contributed by atoms with E-state index in [0.29, 0.717) is 17.4 Å². The second-order valence-corrected chi connectivity index (χ2v) is 8.03. The van der Waals surface area contributed by atoms with Crippen molar-refractivity contribution in [2.24, 2.45) is 11.3 Å². The summed E-state index contributed by atoms with van der Waals surface area (Å²) in [4.78, 5) is 4.90. The average molecular weight is 291 g/mol. The van der Waals surface area contributed by atoms with Crippen molar-refractivity contribution in [3.8, 4) is 0 Å². The van der Waals surface area contributed by atoms with Crippen LogP contribution in [0.5, 0.6) is 0 Å². The molecule has 1 aliphatic carbocycles. The summed E-state index contributed by atoms with van der Waals surface area (Å²) in [6.07, 6.45) is 6.06. The number of nitrogens with zero attached hydrogens (tertiary/aromatic N) is 2. The second-order valence-electron chi connectivity index (χ2n) is 8.03. The molecule has 0 amide bonds. The van der Waals surface area contributed by atoms with Crippen LogP contribution in [0.15, 0.2) is 0 Å². The van der Waals surface area contributed by atoms with Gasteiger partial charge in [-0.2, -0.15) is 0 Å². The van der Waals surface area contributed by atoms with E-state index in [-0.39, 0.29) is 0 Å². The van der Waals surface area contributed by atoms with Gasteiger partial charge >= 0.3 is 0 Å². The van der Waals surface area contributed by atoms with Crippen molar-refractivity contribution < 1.29 is 0 Å². The van der Waals surface area contributed by atoms with Crippen LogP contribution in [0.2, 0.25) is 0 Å². The van der Waals surface area contributed by atoms with Crippen LogP contribution >= 0.6 is 0 Å². The third-order valence-electron chi connectivity index (χ3n) is 5.22. The van der Waals surface area contributed by atoms with Crippen molar-refractivity contribution in [1.29, 1.82) is 0 Å². The van der Waals surface area contributed by atoms with E-state index in [9.17, 15) is 0 Å². The van der Waals surface area contributed by atoms with Crippen LogP contribution in [-0.2, 0) is 6.42 Å². The molecule has 1 saturated carbocycles. The summed E-state index contributed by atoms with van der Waals surface area (Å²) in [5.74, 6) is 3.47. The number of nitrogen functional groups attached to an aromatic ring is 1. The van der Waals surface area contributed by atoms with E-state index in [1.807, 2.05) is 0 Å². The molecular formula is C18H33N3. The Labute approximate surface area is 130 Å². The lowest BCUT2D eigenvalue weighted by Gasteiger charge is -2.36. The Morgan fingerprint density at radius 3 is 2.14 bits per heavy atom. The van der Waals surface area contributed by atoms with Crippen LogP contribution in [0.25, 0.3) is 0 Å². The van der Waals surface area contributed by atoms with E-state index in [1.165, 1.54) is 31.4 Å². The van der Waals surface area contributed by atoms with Gasteiger partial charge in [0.2, 0.25) is 0 Å². The fourth-order valence-electron chi connectivity index (χ4n) is 3.87. The predicted molar refractivity (Wildman–Crippen MR) is 90.6 cm³/mol. The fraction of sp³-hybridized carbons (Fsp3) is 0.833. The first-order valence-corrected chi connectivity index (χ1v) is 8.62. The van der Waals surface area contributed by atoms with Gasteiger partial charge < -0.3 is 10.3 Å². The highest BCUT2D eigenvalue weighted by Gasteiger charge is 2.32. The summed E-state index contributed by atoms with van der Waals surface area (Å²) in [5.41, 5.74) is 8.04. The Morgan fingerprint density at radius 2 is 1.76 bits per heavy atom. The van der Waals surface area contributed by atoms with E-state index in [2.05, 4.69) is 46.1 Å². The van der Waals surface area contributed by atoms with Crippen molar-refractivity contribution in [1.82, 2.24) is 9.55 Å². The molecule has 0 radical (unpaired) electrons. The molecule has 0 atom stereocenters. The van der Waals surface area contributed by atoms with Gasteiger partial charge in [-0.05, 0) is 50.9 Å². The van der Waals surface area contributed by atoms with E-state index in [0.717, 1.165) is 24.0 Å². The lowest BCUT2D eigenvalue weighted by molar-refractivity contribution is 0.168. The third kappa shape index (κ3) is 3.27. The number of anilines is 1. The molecule has 1 fully saturated rings. The summed E-state index contributed by atoms with van der Waals surface area (Å²) >= 11 is 0. The summed E-state index contributed by atoms with van der Waals surface area (Å²) in [5, 5.41) is 0. The van der Waals surface area contributed by atoms with Gasteiger partial charge in [0, 0.05) is 18.4 Å². The minimum Gasteiger partial charge on any atom is -0.384 e. The van der Waals surface area contributed by atoms with Gasteiger partial charge in [0.15, 0.2) is 0 Å². The highest BCUT2D eigenvalue weighted by Crippen LogP contribution is 2.44. The topological polar surface area (TPSA) is 43.8 Å². The number of aromatic nitrogens is 2. The van der Waals surface area contributed by atoms with Gasteiger partial charge in [0.1, 0.15) is 11.6 Å². The Kier molecular flexibility index (Phi) is 4.69. The molecule has 1 aromatic rings. The Morgan fingerprint density at radius 1 is 1.19 bits per heavy atom. The normalized spacial score (nSPS) is 23.8. The Hall–Kier alpha value is -0.990. The average Bonchev–Trinajstić information content (AvgIpc) is 2.75. The Balaban J connectivity index is 2.18. The molecule has 0 spiro atoms. The highest BCUT2D eigenvalue weighted by atomic mass is 15.2. The first-order valence-electron chi connectivity index (χ1n) is 8.62. The first-order chi connectivity index (χ1) is 9.75. The van der Waals surface area contributed by atoms with E-state index < -0.39 is 0 Å². The maximum absolute atomic E-state index is 6.43. The highest BCUT2D eigenvalue weighted by molar-refractivity contribution is 5.41. The maximum atomic E-state index is 6.43. The van der Waals surface area contributed by atoms with E-state index in [1.54, 1.807) is 0 Å². The first kappa shape index (κ1) is 16.4. The van der Waals surface area contributed by atoms with Gasteiger partial charge in [-0.1, -0.05) is 27.7 Å². The molecule has 2 N–H and O–H groups in total.